The molecule has 2 aromatic rings. The van der Waals surface area contributed by atoms with Gasteiger partial charge in [0.2, 0.25) is 0 Å². The van der Waals surface area contributed by atoms with Crippen molar-refractivity contribution in [2.45, 2.75) is 39.2 Å². The Kier molecular flexibility index (Phi) is 3.51. The van der Waals surface area contributed by atoms with Crippen LogP contribution in [0.3, 0.4) is 0 Å². The summed E-state index contributed by atoms with van der Waals surface area (Å²) in [4.78, 5) is 15.7. The van der Waals surface area contributed by atoms with Gasteiger partial charge in [0.05, 0.1) is 11.1 Å². The fraction of sp³-hybridized carbons (Fsp3) is 0.471. The number of aromatic amines is 1. The van der Waals surface area contributed by atoms with E-state index in [4.69, 9.17) is 0 Å². The molecule has 1 heterocycles. The predicted octanol–water partition coefficient (Wildman–Crippen LogP) is 3.72. The Balaban J connectivity index is 1.81. The smallest absolute Gasteiger partial charge is 0.253 e. The van der Waals surface area contributed by atoms with E-state index in [1.165, 1.54) is 12.8 Å². The number of carbonyl (C=O) groups is 1. The van der Waals surface area contributed by atoms with Crippen LogP contribution < -0.4 is 5.32 Å². The Morgan fingerprint density at radius 1 is 1.25 bits per heavy atom. The first-order chi connectivity index (χ1) is 9.66. The highest BCUT2D eigenvalue weighted by molar-refractivity contribution is 6.05. The van der Waals surface area contributed by atoms with Gasteiger partial charge in [0.1, 0.15) is 0 Å². The molecule has 1 aliphatic carbocycles. The van der Waals surface area contributed by atoms with Crippen molar-refractivity contribution in [2.75, 3.05) is 0 Å². The van der Waals surface area contributed by atoms with Gasteiger partial charge in [-0.1, -0.05) is 38.8 Å². The fourth-order valence-corrected chi connectivity index (χ4v) is 3.31. The predicted molar refractivity (Wildman–Crippen MR) is 81.7 cm³/mol. The molecular weight excluding hydrogens is 248 g/mol. The second-order valence-electron chi connectivity index (χ2n) is 6.09. The van der Waals surface area contributed by atoms with E-state index < -0.39 is 0 Å². The zero-order chi connectivity index (χ0) is 14.1. The van der Waals surface area contributed by atoms with Crippen LogP contribution in [0.4, 0.5) is 0 Å². The fourth-order valence-electron chi connectivity index (χ4n) is 3.31. The molecule has 0 radical (unpaired) electrons. The molecule has 1 aliphatic rings. The van der Waals surface area contributed by atoms with E-state index in [1.807, 2.05) is 30.5 Å². The van der Waals surface area contributed by atoms with E-state index in [2.05, 4.69) is 24.1 Å². The maximum absolute atomic E-state index is 12.5. The second-order valence-corrected chi connectivity index (χ2v) is 6.09. The number of fused-ring (bicyclic) bond motifs is 1. The third kappa shape index (κ3) is 2.33. The summed E-state index contributed by atoms with van der Waals surface area (Å²) in [5, 5.41) is 4.32. The average Bonchev–Trinajstić information content (AvgIpc) is 2.92. The minimum absolute atomic E-state index is 0.0454. The Morgan fingerprint density at radius 3 is 2.95 bits per heavy atom. The van der Waals surface area contributed by atoms with E-state index >= 15 is 0 Å². The maximum atomic E-state index is 12.5. The Labute approximate surface area is 119 Å². The highest BCUT2D eigenvalue weighted by Crippen LogP contribution is 2.30. The largest absolute Gasteiger partial charge is 0.361 e. The van der Waals surface area contributed by atoms with Crippen LogP contribution in [-0.4, -0.2) is 16.9 Å². The lowest BCUT2D eigenvalue weighted by molar-refractivity contribution is 0.0892. The Morgan fingerprint density at radius 2 is 2.10 bits per heavy atom. The molecule has 1 aromatic heterocycles. The third-order valence-electron chi connectivity index (χ3n) is 4.86. The molecular formula is C17H22N2O. The van der Waals surface area contributed by atoms with Crippen molar-refractivity contribution in [3.63, 3.8) is 0 Å². The molecule has 3 rings (SSSR count). The number of nitrogens with one attached hydrogen (secondary N) is 2. The van der Waals surface area contributed by atoms with Crippen LogP contribution in [0.5, 0.6) is 0 Å². The van der Waals surface area contributed by atoms with Gasteiger partial charge in [0.25, 0.3) is 5.91 Å². The first-order valence-electron chi connectivity index (χ1n) is 7.54. The van der Waals surface area contributed by atoms with Crippen molar-refractivity contribution < 1.29 is 4.79 Å². The normalized spacial score (nSPS) is 26.6. The minimum Gasteiger partial charge on any atom is -0.361 e. The molecule has 3 heteroatoms. The third-order valence-corrected chi connectivity index (χ3v) is 4.86. The number of hydrogen-bond donors (Lipinski definition) is 2. The number of benzene rings is 1. The summed E-state index contributed by atoms with van der Waals surface area (Å²) in [6.07, 6.45) is 5.47. The van der Waals surface area contributed by atoms with Gasteiger partial charge in [0.15, 0.2) is 0 Å². The van der Waals surface area contributed by atoms with Crippen molar-refractivity contribution >= 4 is 16.8 Å². The minimum atomic E-state index is 0.0454. The van der Waals surface area contributed by atoms with Gasteiger partial charge in [-0.25, -0.2) is 0 Å². The topological polar surface area (TPSA) is 44.9 Å². The highest BCUT2D eigenvalue weighted by Gasteiger charge is 2.28. The summed E-state index contributed by atoms with van der Waals surface area (Å²) >= 11 is 0. The molecule has 0 spiro atoms. The van der Waals surface area contributed by atoms with Gasteiger partial charge >= 0.3 is 0 Å². The van der Waals surface area contributed by atoms with Crippen LogP contribution in [0.25, 0.3) is 10.9 Å². The molecule has 1 amide bonds. The van der Waals surface area contributed by atoms with Crippen molar-refractivity contribution in [2.24, 2.45) is 11.8 Å². The number of H-pyrrole nitrogens is 1. The summed E-state index contributed by atoms with van der Waals surface area (Å²) < 4.78 is 0. The Bertz CT molecular complexity index is 616. The zero-order valence-corrected chi connectivity index (χ0v) is 12.1. The molecule has 3 nitrogen and oxygen atoms in total. The number of rotatable bonds is 2. The molecule has 1 aromatic carbocycles. The van der Waals surface area contributed by atoms with Gasteiger partial charge in [0, 0.05) is 17.6 Å². The Hall–Kier alpha value is -1.77. The monoisotopic (exact) mass is 270 g/mol. The van der Waals surface area contributed by atoms with Gasteiger partial charge < -0.3 is 10.3 Å². The molecule has 0 aliphatic heterocycles. The average molecular weight is 270 g/mol. The van der Waals surface area contributed by atoms with Gasteiger partial charge in [-0.3, -0.25) is 4.79 Å². The number of hydrogen-bond acceptors (Lipinski definition) is 1. The van der Waals surface area contributed by atoms with E-state index in [-0.39, 0.29) is 5.91 Å². The molecule has 0 saturated heterocycles. The van der Waals surface area contributed by atoms with E-state index in [9.17, 15) is 4.79 Å². The second kappa shape index (κ2) is 5.31. The van der Waals surface area contributed by atoms with E-state index in [0.717, 1.165) is 22.9 Å². The molecule has 0 bridgehead atoms. The standard InChI is InChI=1S/C17H22N2O/c1-11-5-3-8-15(12(11)2)19-17(20)14-7-4-6-13-9-10-18-16(13)14/h4,6-7,9-12,15,18H,3,5,8H2,1-2H3,(H,19,20). The number of aromatic nitrogens is 1. The lowest BCUT2D eigenvalue weighted by Gasteiger charge is -2.34. The van der Waals surface area contributed by atoms with Crippen LogP contribution in [0, 0.1) is 11.8 Å². The molecule has 20 heavy (non-hydrogen) atoms. The molecule has 2 N–H and O–H groups in total. The summed E-state index contributed by atoms with van der Waals surface area (Å²) in [5.74, 6) is 1.29. The van der Waals surface area contributed by atoms with Gasteiger partial charge in [-0.2, -0.15) is 0 Å². The molecule has 1 fully saturated rings. The first-order valence-corrected chi connectivity index (χ1v) is 7.54. The SMILES string of the molecule is CC1CCCC(NC(=O)c2cccc3cc[nH]c23)C1C. The van der Waals surface area contributed by atoms with Crippen LogP contribution >= 0.6 is 0 Å². The zero-order valence-electron chi connectivity index (χ0n) is 12.1. The first kappa shape index (κ1) is 13.2. The van der Waals surface area contributed by atoms with E-state index in [0.29, 0.717) is 17.9 Å². The summed E-state index contributed by atoms with van der Waals surface area (Å²) in [5.41, 5.74) is 1.68. The molecule has 3 atom stereocenters. The summed E-state index contributed by atoms with van der Waals surface area (Å²) in [6, 6.07) is 8.16. The molecule has 1 saturated carbocycles. The molecule has 3 unspecified atom stereocenters. The lowest BCUT2D eigenvalue weighted by atomic mass is 9.78. The summed E-state index contributed by atoms with van der Waals surface area (Å²) in [7, 11) is 0. The van der Waals surface area contributed by atoms with Crippen LogP contribution in [0.1, 0.15) is 43.5 Å². The van der Waals surface area contributed by atoms with Crippen molar-refractivity contribution in [3.8, 4) is 0 Å². The number of para-hydroxylation sites is 1. The molecule has 106 valence electrons. The number of amides is 1. The quantitative estimate of drug-likeness (QED) is 0.858. The van der Waals surface area contributed by atoms with Crippen LogP contribution in [-0.2, 0) is 0 Å². The van der Waals surface area contributed by atoms with Gasteiger partial charge in [-0.15, -0.1) is 0 Å². The van der Waals surface area contributed by atoms with Crippen molar-refractivity contribution in [1.29, 1.82) is 0 Å². The summed E-state index contributed by atoms with van der Waals surface area (Å²) in [6.45, 7) is 4.54. The maximum Gasteiger partial charge on any atom is 0.253 e. The van der Waals surface area contributed by atoms with Crippen LogP contribution in [0.2, 0.25) is 0 Å². The van der Waals surface area contributed by atoms with Crippen molar-refractivity contribution in [3.05, 3.63) is 36.0 Å². The van der Waals surface area contributed by atoms with Gasteiger partial charge in [-0.05, 0) is 30.4 Å². The highest BCUT2D eigenvalue weighted by atomic mass is 16.1. The van der Waals surface area contributed by atoms with Crippen molar-refractivity contribution in [1.82, 2.24) is 10.3 Å². The lowest BCUT2D eigenvalue weighted by Crippen LogP contribution is -2.43. The van der Waals surface area contributed by atoms with E-state index in [1.54, 1.807) is 0 Å². The number of carbonyl (C=O) groups excluding carboxylic acids is 1. The van der Waals surface area contributed by atoms with Crippen LogP contribution in [0.15, 0.2) is 30.5 Å².